The van der Waals surface area contributed by atoms with Crippen LogP contribution in [0.15, 0.2) is 18.2 Å². The van der Waals surface area contributed by atoms with Gasteiger partial charge in [-0.1, -0.05) is 6.07 Å². The molecule has 22 heavy (non-hydrogen) atoms. The van der Waals surface area contributed by atoms with E-state index in [1.165, 1.54) is 24.9 Å². The van der Waals surface area contributed by atoms with Crippen LogP contribution in [0.25, 0.3) is 0 Å². The summed E-state index contributed by atoms with van der Waals surface area (Å²) in [5, 5.41) is 3.26. The van der Waals surface area contributed by atoms with Gasteiger partial charge >= 0.3 is 0 Å². The molecule has 2 bridgehead atoms. The van der Waals surface area contributed by atoms with E-state index < -0.39 is 0 Å². The number of carbonyl (C=O) groups is 1. The molecule has 0 radical (unpaired) electrons. The maximum Gasteiger partial charge on any atom is 0.251 e. The molecule has 1 aromatic carbocycles. The molecular formula is C18H24N2O2. The van der Waals surface area contributed by atoms with Gasteiger partial charge in [-0.05, 0) is 62.8 Å². The Morgan fingerprint density at radius 3 is 3.09 bits per heavy atom. The van der Waals surface area contributed by atoms with E-state index in [2.05, 4.69) is 17.1 Å². The number of benzene rings is 1. The minimum Gasteiger partial charge on any atom is -0.493 e. The van der Waals surface area contributed by atoms with E-state index in [9.17, 15) is 4.79 Å². The molecule has 0 saturated carbocycles. The van der Waals surface area contributed by atoms with Crippen molar-refractivity contribution in [3.8, 4) is 5.75 Å². The molecule has 4 nitrogen and oxygen atoms in total. The van der Waals surface area contributed by atoms with Crippen molar-refractivity contribution in [2.24, 2.45) is 5.92 Å². The molecule has 0 spiro atoms. The van der Waals surface area contributed by atoms with Gasteiger partial charge in [0.15, 0.2) is 0 Å². The number of nitrogens with one attached hydrogen (secondary N) is 1. The molecule has 1 aromatic rings. The number of rotatable bonds is 2. The Kier molecular flexibility index (Phi) is 3.57. The Balaban J connectivity index is 1.46. The van der Waals surface area contributed by atoms with Gasteiger partial charge < -0.3 is 10.1 Å². The van der Waals surface area contributed by atoms with Gasteiger partial charge in [0.05, 0.1) is 6.61 Å². The van der Waals surface area contributed by atoms with Crippen LogP contribution in [0.2, 0.25) is 0 Å². The summed E-state index contributed by atoms with van der Waals surface area (Å²) in [5.41, 5.74) is 1.95. The Labute approximate surface area is 131 Å². The van der Waals surface area contributed by atoms with Crippen LogP contribution < -0.4 is 10.1 Å². The van der Waals surface area contributed by atoms with Crippen molar-refractivity contribution < 1.29 is 9.53 Å². The maximum absolute atomic E-state index is 12.6. The zero-order chi connectivity index (χ0) is 15.1. The number of nitrogens with zero attached hydrogens (tertiary/aromatic N) is 1. The molecule has 4 heterocycles. The number of fused-ring (bicyclic) bond motifs is 4. The summed E-state index contributed by atoms with van der Waals surface area (Å²) in [6.45, 7) is 5.24. The largest absolute Gasteiger partial charge is 0.493 e. The molecule has 4 aliphatic heterocycles. The van der Waals surface area contributed by atoms with Crippen LogP contribution in [-0.2, 0) is 6.42 Å². The zero-order valence-electron chi connectivity index (χ0n) is 13.2. The van der Waals surface area contributed by atoms with E-state index >= 15 is 0 Å². The lowest BCUT2D eigenvalue weighted by Gasteiger charge is -2.48. The van der Waals surface area contributed by atoms with Gasteiger partial charge in [0.1, 0.15) is 5.75 Å². The van der Waals surface area contributed by atoms with Crippen LogP contribution in [0.1, 0.15) is 42.1 Å². The number of hydrogen-bond acceptors (Lipinski definition) is 3. The normalized spacial score (nSPS) is 33.0. The van der Waals surface area contributed by atoms with Crippen LogP contribution >= 0.6 is 0 Å². The highest BCUT2D eigenvalue weighted by molar-refractivity contribution is 5.95. The van der Waals surface area contributed by atoms with Gasteiger partial charge in [-0.2, -0.15) is 0 Å². The molecule has 0 aliphatic carbocycles. The number of carbonyl (C=O) groups excluding carboxylic acids is 1. The predicted octanol–water partition coefficient (Wildman–Crippen LogP) is 2.22. The van der Waals surface area contributed by atoms with Crippen molar-refractivity contribution in [1.29, 1.82) is 0 Å². The molecule has 4 heteroatoms. The van der Waals surface area contributed by atoms with Crippen molar-refractivity contribution in [2.45, 2.75) is 44.7 Å². The highest BCUT2D eigenvalue weighted by Gasteiger charge is 2.38. The van der Waals surface area contributed by atoms with Crippen LogP contribution in [0.5, 0.6) is 5.75 Å². The molecule has 4 unspecified atom stereocenters. The quantitative estimate of drug-likeness (QED) is 0.910. The summed E-state index contributed by atoms with van der Waals surface area (Å²) in [7, 11) is 0. The molecule has 3 fully saturated rings. The first kappa shape index (κ1) is 14.1. The lowest BCUT2D eigenvalue weighted by Crippen LogP contribution is -2.60. The first-order valence-electron chi connectivity index (χ1n) is 8.51. The second-order valence-electron chi connectivity index (χ2n) is 6.98. The monoisotopic (exact) mass is 300 g/mol. The van der Waals surface area contributed by atoms with Gasteiger partial charge in [0.2, 0.25) is 0 Å². The lowest BCUT2D eigenvalue weighted by atomic mass is 9.80. The number of piperidine rings is 3. The molecule has 1 N–H and O–H groups in total. The third-order valence-corrected chi connectivity index (χ3v) is 5.55. The lowest BCUT2D eigenvalue weighted by molar-refractivity contribution is 0.0274. The Morgan fingerprint density at radius 2 is 2.32 bits per heavy atom. The first-order chi connectivity index (χ1) is 10.7. The summed E-state index contributed by atoms with van der Waals surface area (Å²) in [5.74, 6) is 1.57. The SMILES string of the molecule is CC1CC2CCN1CC2NC(=O)c1ccc2c(c1)OCCC2. The van der Waals surface area contributed by atoms with E-state index in [-0.39, 0.29) is 5.91 Å². The fourth-order valence-corrected chi connectivity index (χ4v) is 4.19. The third kappa shape index (κ3) is 2.50. The molecule has 1 amide bonds. The zero-order valence-corrected chi connectivity index (χ0v) is 13.2. The van der Waals surface area contributed by atoms with E-state index in [1.54, 1.807) is 0 Å². The molecule has 118 valence electrons. The second-order valence-corrected chi connectivity index (χ2v) is 6.98. The highest BCUT2D eigenvalue weighted by Crippen LogP contribution is 2.32. The average Bonchev–Trinajstić information content (AvgIpc) is 2.55. The Hall–Kier alpha value is -1.55. The van der Waals surface area contributed by atoms with Crippen molar-refractivity contribution in [3.05, 3.63) is 29.3 Å². The van der Waals surface area contributed by atoms with Gasteiger partial charge in [-0.15, -0.1) is 0 Å². The molecule has 4 aliphatic rings. The van der Waals surface area contributed by atoms with Crippen molar-refractivity contribution in [2.75, 3.05) is 19.7 Å². The summed E-state index contributed by atoms with van der Waals surface area (Å²) >= 11 is 0. The maximum atomic E-state index is 12.6. The van der Waals surface area contributed by atoms with Crippen LogP contribution in [-0.4, -0.2) is 42.6 Å². The molecular weight excluding hydrogens is 276 g/mol. The van der Waals surface area contributed by atoms with Gasteiger partial charge in [0.25, 0.3) is 5.91 Å². The first-order valence-corrected chi connectivity index (χ1v) is 8.51. The average molecular weight is 300 g/mol. The van der Waals surface area contributed by atoms with Crippen molar-refractivity contribution in [3.63, 3.8) is 0 Å². The van der Waals surface area contributed by atoms with E-state index in [0.717, 1.165) is 37.3 Å². The molecule has 4 atom stereocenters. The Morgan fingerprint density at radius 1 is 1.41 bits per heavy atom. The third-order valence-electron chi connectivity index (χ3n) is 5.55. The number of ether oxygens (including phenoxy) is 1. The standard InChI is InChI=1S/C18H24N2O2/c1-12-9-14-6-7-20(12)11-16(14)19-18(21)15-5-4-13-3-2-8-22-17(13)10-15/h4-5,10,12,14,16H,2-3,6-9,11H2,1H3,(H,19,21). The van der Waals surface area contributed by atoms with Crippen LogP contribution in [0.4, 0.5) is 0 Å². The van der Waals surface area contributed by atoms with Gasteiger partial charge in [0, 0.05) is 24.2 Å². The van der Waals surface area contributed by atoms with E-state index in [1.807, 2.05) is 18.2 Å². The minimum absolute atomic E-state index is 0.0448. The fourth-order valence-electron chi connectivity index (χ4n) is 4.19. The topological polar surface area (TPSA) is 41.6 Å². The smallest absolute Gasteiger partial charge is 0.251 e. The van der Waals surface area contributed by atoms with Gasteiger partial charge in [-0.25, -0.2) is 0 Å². The van der Waals surface area contributed by atoms with Crippen LogP contribution in [0.3, 0.4) is 0 Å². The van der Waals surface area contributed by atoms with Crippen LogP contribution in [0, 0.1) is 5.92 Å². The summed E-state index contributed by atoms with van der Waals surface area (Å²) < 4.78 is 5.68. The second kappa shape index (κ2) is 5.58. The molecule has 3 saturated heterocycles. The minimum atomic E-state index is 0.0448. The number of hydrogen-bond donors (Lipinski definition) is 1. The molecule has 5 rings (SSSR count). The summed E-state index contributed by atoms with van der Waals surface area (Å²) in [6.07, 6.45) is 4.53. The predicted molar refractivity (Wildman–Crippen MR) is 85.3 cm³/mol. The number of amides is 1. The van der Waals surface area contributed by atoms with Gasteiger partial charge in [-0.3, -0.25) is 9.69 Å². The van der Waals surface area contributed by atoms with Crippen molar-refractivity contribution >= 4 is 5.91 Å². The number of aryl methyl sites for hydroxylation is 1. The van der Waals surface area contributed by atoms with E-state index in [0.29, 0.717) is 18.0 Å². The van der Waals surface area contributed by atoms with Crippen molar-refractivity contribution in [1.82, 2.24) is 10.2 Å². The summed E-state index contributed by atoms with van der Waals surface area (Å²) in [4.78, 5) is 15.1. The fraction of sp³-hybridized carbons (Fsp3) is 0.611. The van der Waals surface area contributed by atoms with E-state index in [4.69, 9.17) is 4.74 Å². The highest BCUT2D eigenvalue weighted by atomic mass is 16.5. The Bertz CT molecular complexity index is 586. The molecule has 0 aromatic heterocycles. The summed E-state index contributed by atoms with van der Waals surface area (Å²) in [6, 6.07) is 6.86.